The van der Waals surface area contributed by atoms with Crippen LogP contribution in [-0.2, 0) is 11.3 Å². The molecule has 1 amide bonds. The first-order chi connectivity index (χ1) is 12.7. The normalized spacial score (nSPS) is 11.4. The van der Waals surface area contributed by atoms with Gasteiger partial charge < -0.3 is 9.67 Å². The Morgan fingerprint density at radius 1 is 1.12 bits per heavy atom. The second-order valence-electron chi connectivity index (χ2n) is 5.87. The summed E-state index contributed by atoms with van der Waals surface area (Å²) in [7, 11) is 0. The predicted octanol–water partition coefficient (Wildman–Crippen LogP) is 3.05. The first-order valence-corrected chi connectivity index (χ1v) is 8.15. The molecular formula is C20H16N4O2. The zero-order valence-corrected chi connectivity index (χ0v) is 13.8. The van der Waals surface area contributed by atoms with Crippen molar-refractivity contribution in [3.63, 3.8) is 0 Å². The van der Waals surface area contributed by atoms with Crippen LogP contribution in [0.25, 0.3) is 21.8 Å². The maximum absolute atomic E-state index is 12.2. The Hall–Kier alpha value is -3.67. The Morgan fingerprint density at radius 2 is 1.92 bits per heavy atom. The predicted molar refractivity (Wildman–Crippen MR) is 101 cm³/mol. The standard InChI is InChI=1S/C20H16N4O2/c25-19-10-9-14-5-1-2-6-15(14)16(19)11-22-23-20(26)12-24-13-21-17-7-3-4-8-18(17)24/h1-11,13,25H,12H2,(H,23,26)/b22-11+. The number of phenolic OH excluding ortho intramolecular Hbond substituents is 1. The van der Waals surface area contributed by atoms with Crippen LogP contribution in [0.2, 0.25) is 0 Å². The lowest BCUT2D eigenvalue weighted by Crippen LogP contribution is -2.22. The van der Waals surface area contributed by atoms with Crippen LogP contribution in [0.5, 0.6) is 5.75 Å². The summed E-state index contributed by atoms with van der Waals surface area (Å²) in [5.74, 6) is -0.161. The van der Waals surface area contributed by atoms with Crippen LogP contribution in [0, 0.1) is 0 Å². The van der Waals surface area contributed by atoms with Gasteiger partial charge in [-0.25, -0.2) is 10.4 Å². The number of benzene rings is 3. The fourth-order valence-corrected chi connectivity index (χ4v) is 2.91. The van der Waals surface area contributed by atoms with Crippen molar-refractivity contribution in [2.45, 2.75) is 6.54 Å². The van der Waals surface area contributed by atoms with E-state index in [-0.39, 0.29) is 18.2 Å². The number of imidazole rings is 1. The second-order valence-corrected chi connectivity index (χ2v) is 5.87. The minimum atomic E-state index is -0.274. The summed E-state index contributed by atoms with van der Waals surface area (Å²) in [6, 6.07) is 18.7. The van der Waals surface area contributed by atoms with Gasteiger partial charge in [-0.1, -0.05) is 42.5 Å². The Bertz CT molecular complexity index is 1130. The van der Waals surface area contributed by atoms with Gasteiger partial charge >= 0.3 is 0 Å². The molecule has 3 aromatic carbocycles. The maximum Gasteiger partial charge on any atom is 0.260 e. The average Bonchev–Trinajstić information content (AvgIpc) is 3.06. The molecule has 4 rings (SSSR count). The summed E-state index contributed by atoms with van der Waals surface area (Å²) in [4.78, 5) is 16.4. The van der Waals surface area contributed by atoms with Gasteiger partial charge in [-0.3, -0.25) is 4.79 Å². The highest BCUT2D eigenvalue weighted by molar-refractivity contribution is 6.02. The summed E-state index contributed by atoms with van der Waals surface area (Å²) < 4.78 is 1.76. The zero-order chi connectivity index (χ0) is 17.9. The summed E-state index contributed by atoms with van der Waals surface area (Å²) in [5.41, 5.74) is 4.79. The molecular weight excluding hydrogens is 328 g/mol. The van der Waals surface area contributed by atoms with Crippen molar-refractivity contribution in [1.82, 2.24) is 15.0 Å². The molecule has 2 N–H and O–H groups in total. The van der Waals surface area contributed by atoms with Gasteiger partial charge in [0.2, 0.25) is 0 Å². The number of para-hydroxylation sites is 2. The number of aromatic nitrogens is 2. The third kappa shape index (κ3) is 3.00. The molecule has 1 heterocycles. The number of amides is 1. The first-order valence-electron chi connectivity index (χ1n) is 8.15. The zero-order valence-electron chi connectivity index (χ0n) is 13.8. The van der Waals surface area contributed by atoms with Gasteiger partial charge in [0.25, 0.3) is 5.91 Å². The number of carbonyl (C=O) groups excluding carboxylic acids is 1. The van der Waals surface area contributed by atoms with Crippen LogP contribution in [0.15, 0.2) is 72.1 Å². The van der Waals surface area contributed by atoms with E-state index in [2.05, 4.69) is 15.5 Å². The summed E-state index contributed by atoms with van der Waals surface area (Å²) in [6.07, 6.45) is 3.09. The van der Waals surface area contributed by atoms with E-state index in [9.17, 15) is 9.90 Å². The molecule has 0 atom stereocenters. The molecule has 0 radical (unpaired) electrons. The lowest BCUT2D eigenvalue weighted by molar-refractivity contribution is -0.121. The van der Waals surface area contributed by atoms with Crippen molar-refractivity contribution in [2.75, 3.05) is 0 Å². The van der Waals surface area contributed by atoms with Crippen molar-refractivity contribution < 1.29 is 9.90 Å². The minimum Gasteiger partial charge on any atom is -0.507 e. The van der Waals surface area contributed by atoms with Crippen LogP contribution < -0.4 is 5.43 Å². The van der Waals surface area contributed by atoms with E-state index >= 15 is 0 Å². The van der Waals surface area contributed by atoms with Gasteiger partial charge in [-0.2, -0.15) is 5.10 Å². The smallest absolute Gasteiger partial charge is 0.260 e. The van der Waals surface area contributed by atoms with Gasteiger partial charge in [0.1, 0.15) is 12.3 Å². The van der Waals surface area contributed by atoms with Crippen molar-refractivity contribution >= 4 is 33.9 Å². The molecule has 6 heteroatoms. The minimum absolute atomic E-state index is 0.110. The third-order valence-electron chi connectivity index (χ3n) is 4.17. The highest BCUT2D eigenvalue weighted by atomic mass is 16.3. The number of fused-ring (bicyclic) bond motifs is 2. The lowest BCUT2D eigenvalue weighted by atomic mass is 10.0. The van der Waals surface area contributed by atoms with Crippen LogP contribution in [0.4, 0.5) is 0 Å². The maximum atomic E-state index is 12.2. The monoisotopic (exact) mass is 344 g/mol. The van der Waals surface area contributed by atoms with Gasteiger partial charge in [0.15, 0.2) is 0 Å². The molecule has 128 valence electrons. The number of hydrogen-bond acceptors (Lipinski definition) is 4. The van der Waals surface area contributed by atoms with Gasteiger partial charge in [-0.05, 0) is 29.0 Å². The van der Waals surface area contributed by atoms with Crippen molar-refractivity contribution in [3.05, 3.63) is 72.6 Å². The van der Waals surface area contributed by atoms with Crippen molar-refractivity contribution in [3.8, 4) is 5.75 Å². The topological polar surface area (TPSA) is 79.5 Å². The molecule has 0 bridgehead atoms. The van der Waals surface area contributed by atoms with Crippen molar-refractivity contribution in [1.29, 1.82) is 0 Å². The average molecular weight is 344 g/mol. The Kier molecular flexibility index (Phi) is 4.07. The molecule has 1 aromatic heterocycles. The summed E-state index contributed by atoms with van der Waals surface area (Å²) in [5, 5.41) is 15.9. The van der Waals surface area contributed by atoms with Gasteiger partial charge in [-0.15, -0.1) is 0 Å². The Morgan fingerprint density at radius 3 is 2.85 bits per heavy atom. The third-order valence-corrected chi connectivity index (χ3v) is 4.17. The number of carbonyl (C=O) groups is 1. The molecule has 6 nitrogen and oxygen atoms in total. The van der Waals surface area contributed by atoms with E-state index in [1.165, 1.54) is 6.21 Å². The van der Waals surface area contributed by atoms with Crippen molar-refractivity contribution in [2.24, 2.45) is 5.10 Å². The number of aromatic hydroxyl groups is 1. The van der Waals surface area contributed by atoms with Crippen LogP contribution >= 0.6 is 0 Å². The largest absolute Gasteiger partial charge is 0.507 e. The number of rotatable bonds is 4. The van der Waals surface area contributed by atoms with Gasteiger partial charge in [0.05, 0.1) is 23.6 Å². The molecule has 0 aliphatic carbocycles. The molecule has 0 unspecified atom stereocenters. The molecule has 0 saturated heterocycles. The molecule has 26 heavy (non-hydrogen) atoms. The number of hydrogen-bond donors (Lipinski definition) is 2. The number of nitrogens with one attached hydrogen (secondary N) is 1. The van der Waals surface area contributed by atoms with Crippen LogP contribution in [-0.4, -0.2) is 26.8 Å². The van der Waals surface area contributed by atoms with E-state index in [4.69, 9.17) is 0 Å². The molecule has 0 saturated carbocycles. The first kappa shape index (κ1) is 15.8. The number of phenols is 1. The fraction of sp³-hybridized carbons (Fsp3) is 0.0500. The fourth-order valence-electron chi connectivity index (χ4n) is 2.91. The number of nitrogens with zero attached hydrogens (tertiary/aromatic N) is 3. The van der Waals surface area contributed by atoms with E-state index in [1.54, 1.807) is 17.0 Å². The summed E-state index contributed by atoms with van der Waals surface area (Å²) >= 11 is 0. The van der Waals surface area contributed by atoms with E-state index < -0.39 is 0 Å². The van der Waals surface area contributed by atoms with Crippen LogP contribution in [0.3, 0.4) is 0 Å². The van der Waals surface area contributed by atoms with Crippen LogP contribution in [0.1, 0.15) is 5.56 Å². The Labute approximate surface area is 149 Å². The molecule has 0 spiro atoms. The van der Waals surface area contributed by atoms with E-state index in [1.807, 2.05) is 54.6 Å². The molecule has 0 aliphatic rings. The highest BCUT2D eigenvalue weighted by Crippen LogP contribution is 2.25. The quantitative estimate of drug-likeness (QED) is 0.441. The SMILES string of the molecule is O=C(Cn1cnc2ccccc21)N/N=C/c1c(O)ccc2ccccc12. The molecule has 4 aromatic rings. The molecule has 0 fully saturated rings. The van der Waals surface area contributed by atoms with Gasteiger partial charge in [0, 0.05) is 5.56 Å². The second kappa shape index (κ2) is 6.68. The molecule has 0 aliphatic heterocycles. The summed E-state index contributed by atoms with van der Waals surface area (Å²) in [6.45, 7) is 0.110. The Balaban J connectivity index is 1.50. The van der Waals surface area contributed by atoms with E-state index in [0.29, 0.717) is 5.56 Å². The number of hydrazone groups is 1. The highest BCUT2D eigenvalue weighted by Gasteiger charge is 2.07. The van der Waals surface area contributed by atoms with E-state index in [0.717, 1.165) is 21.8 Å². The lowest BCUT2D eigenvalue weighted by Gasteiger charge is -2.05.